The SMILES string of the molecule is [AlH2][Cl].[NaH].[SnH4]. The van der Waals surface area contributed by atoms with Gasteiger partial charge in [0.1, 0.15) is 0 Å². The summed E-state index contributed by atoms with van der Waals surface area (Å²) in [6.45, 7) is 0. The van der Waals surface area contributed by atoms with E-state index in [-0.39, 0.29) is 53.5 Å². The first kappa shape index (κ1) is 16.0. The van der Waals surface area contributed by atoms with Gasteiger partial charge in [-0.15, -0.1) is 0 Å². The number of halogens is 1. The van der Waals surface area contributed by atoms with Crippen LogP contribution in [0, 0.1) is 0 Å². The molecule has 0 aromatic carbocycles. The Kier molecular flexibility index (Phi) is 69.7. The molecular weight excluding hydrogens is 204 g/mol. The van der Waals surface area contributed by atoms with Crippen LogP contribution in [0.25, 0.3) is 0 Å². The summed E-state index contributed by atoms with van der Waals surface area (Å²) in [5, 5.41) is 0. The van der Waals surface area contributed by atoms with E-state index in [2.05, 4.69) is 0 Å². The van der Waals surface area contributed by atoms with Gasteiger partial charge in [0.25, 0.3) is 0 Å². The molecule has 4 heavy (non-hydrogen) atoms. The number of hydrogen-bond donors (Lipinski definition) is 0. The van der Waals surface area contributed by atoms with Gasteiger partial charge in [-0.1, -0.05) is 0 Å². The average Bonchev–Trinajstić information content (AvgIpc) is 1.00. The van der Waals surface area contributed by atoms with Gasteiger partial charge in [0, 0.05) is 0 Å². The van der Waals surface area contributed by atoms with E-state index in [0.717, 1.165) is 15.4 Å². The third kappa shape index (κ3) is 8.82. The first-order chi connectivity index (χ1) is 1.00. The van der Waals surface area contributed by atoms with E-state index in [1.54, 1.807) is 0 Å². The zero-order valence-electron chi connectivity index (χ0n) is 1.38. The van der Waals surface area contributed by atoms with Crippen molar-refractivity contribution in [2.45, 2.75) is 0 Å². The van der Waals surface area contributed by atoms with Gasteiger partial charge in [-0.05, 0) is 0 Å². The maximum atomic E-state index is 4.78. The molecule has 0 amide bonds. The fourth-order valence-corrected chi connectivity index (χ4v) is 0. The van der Waals surface area contributed by atoms with Crippen molar-refractivity contribution in [3.8, 4) is 0 Å². The molecule has 0 unspecified atom stereocenters. The van der Waals surface area contributed by atoms with Crippen LogP contribution in [0.1, 0.15) is 0 Å². The fourth-order valence-electron chi connectivity index (χ4n) is 0. The minimum absolute atomic E-state index is 0. The second-order valence-electron chi connectivity index (χ2n) is 0. The van der Waals surface area contributed by atoms with Crippen LogP contribution < -0.4 is 0 Å². The molecule has 0 fully saturated rings. The molecule has 0 radical (unpaired) electrons. The molecule has 0 saturated carbocycles. The Balaban J connectivity index is -0.00000000500. The molecule has 4 heteroatoms. The summed E-state index contributed by atoms with van der Waals surface area (Å²) in [5.74, 6) is 0. The number of rotatable bonds is 0. The van der Waals surface area contributed by atoms with Crippen LogP contribution in [0.3, 0.4) is 0 Å². The zero-order valence-corrected chi connectivity index (χ0v) is 4.13. The molecule has 0 N–H and O–H groups in total. The molecule has 0 spiro atoms. The number of hydrogen-bond acceptors (Lipinski definition) is 0. The van der Waals surface area contributed by atoms with Crippen LogP contribution in [0.15, 0.2) is 0 Å². The molecule has 0 heterocycles. The van der Waals surface area contributed by atoms with Crippen LogP contribution in [0.2, 0.25) is 0 Å². The summed E-state index contributed by atoms with van der Waals surface area (Å²) in [7, 11) is 4.78. The molecule has 0 aromatic rings. The Morgan fingerprint density at radius 2 is 1.25 bits per heavy atom. The first-order valence-corrected chi connectivity index (χ1v) is 3.40. The van der Waals surface area contributed by atoms with Crippen LogP contribution in [0.4, 0.5) is 0 Å². The van der Waals surface area contributed by atoms with Gasteiger partial charge in [0.05, 0.1) is 0 Å². The third-order valence-corrected chi connectivity index (χ3v) is 0. The van der Waals surface area contributed by atoms with E-state index < -0.39 is 0 Å². The van der Waals surface area contributed by atoms with E-state index in [1.165, 1.54) is 0 Å². The van der Waals surface area contributed by atoms with Gasteiger partial charge < -0.3 is 0 Å². The second kappa shape index (κ2) is 17.5. The normalized spacial score (nSPS) is 1.25. The topological polar surface area (TPSA) is 0 Å². The second-order valence-corrected chi connectivity index (χ2v) is 0. The van der Waals surface area contributed by atoms with Crippen molar-refractivity contribution in [1.82, 2.24) is 0 Å². The summed E-state index contributed by atoms with van der Waals surface area (Å²) in [4.78, 5) is 0. The third-order valence-electron chi connectivity index (χ3n) is 0. The molecule has 0 aliphatic heterocycles. The molecule has 0 aliphatic rings. The molecule has 0 saturated heterocycles. The van der Waals surface area contributed by atoms with Gasteiger partial charge >= 0.3 is 68.8 Å². The van der Waals surface area contributed by atoms with E-state index in [9.17, 15) is 0 Å². The van der Waals surface area contributed by atoms with E-state index >= 15 is 0 Å². The van der Waals surface area contributed by atoms with E-state index in [1.807, 2.05) is 0 Å². The first-order valence-electron chi connectivity index (χ1n) is 0.378. The van der Waals surface area contributed by atoms with Crippen LogP contribution in [-0.4, -0.2) is 68.8 Å². The van der Waals surface area contributed by atoms with Crippen molar-refractivity contribution in [3.05, 3.63) is 0 Å². The van der Waals surface area contributed by atoms with Crippen molar-refractivity contribution in [2.75, 3.05) is 0 Å². The van der Waals surface area contributed by atoms with Crippen molar-refractivity contribution in [1.29, 1.82) is 0 Å². The van der Waals surface area contributed by atoms with Crippen molar-refractivity contribution >= 4 is 78.9 Å². The van der Waals surface area contributed by atoms with Gasteiger partial charge in [0.15, 0.2) is 0 Å². The van der Waals surface area contributed by atoms with Crippen LogP contribution in [-0.2, 0) is 0 Å². The molecule has 0 aliphatic carbocycles. The Bertz CT molecular complexity index is 8.00. The fraction of sp³-hybridized carbons (Fsp3) is 0. The summed E-state index contributed by atoms with van der Waals surface area (Å²) >= 11 is 0.778. The van der Waals surface area contributed by atoms with Crippen molar-refractivity contribution < 1.29 is 0 Å². The Hall–Kier alpha value is 2.62. The van der Waals surface area contributed by atoms with Gasteiger partial charge in [-0.2, -0.15) is 0 Å². The van der Waals surface area contributed by atoms with Crippen LogP contribution >= 0.6 is 10.0 Å². The monoisotopic (exact) mass is 212 g/mol. The Labute approximate surface area is 77.5 Å². The summed E-state index contributed by atoms with van der Waals surface area (Å²) in [6.07, 6.45) is 0. The molecule has 0 aromatic heterocycles. The summed E-state index contributed by atoms with van der Waals surface area (Å²) < 4.78 is 0. The van der Waals surface area contributed by atoms with Gasteiger partial charge in [0.2, 0.25) is 0 Å². The quantitative estimate of drug-likeness (QED) is 0.394. The standard InChI is InChI=1S/Al.ClH.Na.Sn.7H/h;1H;;;;;;;;;/q+1;;;;;;;;;;/p-1. The summed E-state index contributed by atoms with van der Waals surface area (Å²) in [5.41, 5.74) is 0. The van der Waals surface area contributed by atoms with E-state index in [4.69, 9.17) is 10.0 Å². The molecular formula is H7AlClNaSn. The average molecular weight is 211 g/mol. The molecule has 22 valence electrons. The van der Waals surface area contributed by atoms with Gasteiger partial charge in [-0.3, -0.25) is 10.0 Å². The molecule has 0 nitrogen and oxygen atoms in total. The van der Waals surface area contributed by atoms with Crippen molar-refractivity contribution in [2.24, 2.45) is 0 Å². The maximum absolute atomic E-state index is 4.78. The molecule has 0 atom stereocenters. The predicted octanol–water partition coefficient (Wildman–Crippen LogP) is -2.33. The summed E-state index contributed by atoms with van der Waals surface area (Å²) in [6, 6.07) is 0. The predicted molar refractivity (Wildman–Crippen MR) is 32.9 cm³/mol. The van der Waals surface area contributed by atoms with Crippen LogP contribution in [0.5, 0.6) is 0 Å². The Morgan fingerprint density at radius 1 is 1.25 bits per heavy atom. The van der Waals surface area contributed by atoms with Gasteiger partial charge in [-0.25, -0.2) is 0 Å². The molecule has 0 rings (SSSR count). The Morgan fingerprint density at radius 3 is 1.25 bits per heavy atom. The minimum atomic E-state index is 0. The van der Waals surface area contributed by atoms with Crippen molar-refractivity contribution in [3.63, 3.8) is 0 Å². The van der Waals surface area contributed by atoms with E-state index in [0.29, 0.717) is 0 Å². The zero-order chi connectivity index (χ0) is 2.00. The molecule has 0 bridgehead atoms.